The van der Waals surface area contributed by atoms with Gasteiger partial charge in [-0.1, -0.05) is 19.9 Å². The van der Waals surface area contributed by atoms with E-state index in [2.05, 4.69) is 39.5 Å². The second-order valence-electron chi connectivity index (χ2n) is 4.52. The van der Waals surface area contributed by atoms with Crippen LogP contribution in [0.25, 0.3) is 0 Å². The summed E-state index contributed by atoms with van der Waals surface area (Å²) in [6, 6.07) is 0. The third kappa shape index (κ3) is 3.15. The summed E-state index contributed by atoms with van der Waals surface area (Å²) >= 11 is 0. The topological polar surface area (TPSA) is 0 Å². The lowest BCUT2D eigenvalue weighted by molar-refractivity contribution is -0.885. The predicted octanol–water partition coefficient (Wildman–Crippen LogP) is 2.99. The van der Waals surface area contributed by atoms with Crippen LogP contribution >= 0.6 is 0 Å². The Kier molecular flexibility index (Phi) is 3.98. The van der Waals surface area contributed by atoms with Gasteiger partial charge in [-0.05, 0) is 25.8 Å². The Labute approximate surface area is 83.0 Å². The average Bonchev–Trinajstić information content (AvgIpc) is 2.49. The quantitative estimate of drug-likeness (QED) is 0.355. The van der Waals surface area contributed by atoms with Gasteiger partial charge in [0.1, 0.15) is 0 Å². The molecule has 0 N–H and O–H groups in total. The molecule has 1 heteroatoms. The Hall–Kier alpha value is -0.300. The van der Waals surface area contributed by atoms with E-state index in [1.165, 1.54) is 37.0 Å². The number of allylic oxidation sites excluding steroid dienone is 1. The summed E-state index contributed by atoms with van der Waals surface area (Å²) in [6.45, 7) is 13.1. The number of rotatable bonds is 4. The zero-order chi connectivity index (χ0) is 9.73. The molecule has 1 fully saturated rings. The molecular formula is C12H23N. The molecule has 0 spiro atoms. The third-order valence-electron chi connectivity index (χ3n) is 2.78. The lowest BCUT2D eigenvalue weighted by Crippen LogP contribution is -2.44. The van der Waals surface area contributed by atoms with Crippen LogP contribution in [0.3, 0.4) is 0 Å². The lowest BCUT2D eigenvalue weighted by Gasteiger charge is -2.45. The molecule has 0 aromatic rings. The first-order valence-electron chi connectivity index (χ1n) is 5.51. The van der Waals surface area contributed by atoms with E-state index in [-0.39, 0.29) is 0 Å². The molecule has 0 bridgehead atoms. The van der Waals surface area contributed by atoms with Gasteiger partial charge in [0.25, 0.3) is 0 Å². The minimum Gasteiger partial charge on any atom is -0.451 e. The van der Waals surface area contributed by atoms with Crippen LogP contribution in [0.5, 0.6) is 0 Å². The van der Waals surface area contributed by atoms with E-state index in [9.17, 15) is 0 Å². The fourth-order valence-corrected chi connectivity index (χ4v) is 2.31. The Bertz CT molecular complexity index is 164. The van der Waals surface area contributed by atoms with Gasteiger partial charge in [-0.15, -0.1) is 12.5 Å². The average molecular weight is 181 g/mol. The van der Waals surface area contributed by atoms with Gasteiger partial charge < -0.3 is 4.48 Å². The van der Waals surface area contributed by atoms with Gasteiger partial charge in [-0.25, -0.2) is 0 Å². The Morgan fingerprint density at radius 3 is 2.38 bits per heavy atom. The summed E-state index contributed by atoms with van der Waals surface area (Å²) in [7, 11) is 0. The predicted molar refractivity (Wildman–Crippen MR) is 58.0 cm³/mol. The van der Waals surface area contributed by atoms with Crippen LogP contribution in [0, 0.1) is 12.5 Å². The summed E-state index contributed by atoms with van der Waals surface area (Å²) in [5, 5.41) is 0. The standard InChI is InChI=1S/C12H23N/c1-4-5-8-13(11-12(2)3)9-6-7-10-13/h4-5,11-12H,6-10H2,1-3H3/b5-4+. The molecule has 1 aliphatic rings. The van der Waals surface area contributed by atoms with Crippen LogP contribution in [0.15, 0.2) is 12.2 Å². The molecule has 0 atom stereocenters. The molecule has 76 valence electrons. The van der Waals surface area contributed by atoms with Crippen molar-refractivity contribution in [3.8, 4) is 0 Å². The normalized spacial score (nSPS) is 21.8. The zero-order valence-corrected chi connectivity index (χ0v) is 9.29. The van der Waals surface area contributed by atoms with Crippen molar-refractivity contribution in [3.63, 3.8) is 0 Å². The molecular weight excluding hydrogens is 158 g/mol. The van der Waals surface area contributed by atoms with E-state index in [0.29, 0.717) is 5.92 Å². The van der Waals surface area contributed by atoms with Gasteiger partial charge >= 0.3 is 0 Å². The minimum absolute atomic E-state index is 0.711. The molecule has 0 saturated carbocycles. The van der Waals surface area contributed by atoms with Crippen molar-refractivity contribution in [3.05, 3.63) is 18.7 Å². The van der Waals surface area contributed by atoms with Gasteiger partial charge in [0.2, 0.25) is 0 Å². The second-order valence-corrected chi connectivity index (χ2v) is 4.52. The summed E-state index contributed by atoms with van der Waals surface area (Å²) in [6.07, 6.45) is 7.29. The molecule has 0 aliphatic carbocycles. The minimum atomic E-state index is 0.711. The van der Waals surface area contributed by atoms with Gasteiger partial charge in [-0.3, -0.25) is 0 Å². The molecule has 1 saturated heterocycles. The van der Waals surface area contributed by atoms with Crippen LogP contribution in [0.1, 0.15) is 33.6 Å². The van der Waals surface area contributed by atoms with Crippen molar-refractivity contribution in [1.82, 2.24) is 0 Å². The first-order valence-corrected chi connectivity index (χ1v) is 5.51. The van der Waals surface area contributed by atoms with Crippen molar-refractivity contribution >= 4 is 0 Å². The van der Waals surface area contributed by atoms with E-state index in [1.807, 2.05) is 0 Å². The molecule has 1 rings (SSSR count). The van der Waals surface area contributed by atoms with Gasteiger partial charge in [0, 0.05) is 0 Å². The number of likely N-dealkylation sites (tertiary alicyclic amines) is 1. The maximum absolute atomic E-state index is 2.52. The molecule has 0 aromatic carbocycles. The number of hydrogen-bond acceptors (Lipinski definition) is 0. The van der Waals surface area contributed by atoms with Gasteiger partial charge in [-0.2, -0.15) is 0 Å². The molecule has 0 radical (unpaired) electrons. The molecule has 1 aliphatic heterocycles. The Morgan fingerprint density at radius 1 is 1.31 bits per heavy atom. The largest absolute Gasteiger partial charge is 0.451 e. The SMILES string of the molecule is C/C=C/C[N+]1([CH-]C(C)C)CCCC1. The van der Waals surface area contributed by atoms with Crippen LogP contribution < -0.4 is 0 Å². The Morgan fingerprint density at radius 2 is 1.92 bits per heavy atom. The summed E-state index contributed by atoms with van der Waals surface area (Å²) in [4.78, 5) is 0. The fraction of sp³-hybridized carbons (Fsp3) is 0.750. The summed E-state index contributed by atoms with van der Waals surface area (Å²) in [5.41, 5.74) is 0. The Balaban J connectivity index is 2.52. The van der Waals surface area contributed by atoms with Gasteiger partial charge in [0.05, 0.1) is 19.6 Å². The van der Waals surface area contributed by atoms with E-state index >= 15 is 0 Å². The first-order chi connectivity index (χ1) is 6.18. The maximum atomic E-state index is 2.52. The van der Waals surface area contributed by atoms with Crippen molar-refractivity contribution in [1.29, 1.82) is 0 Å². The monoisotopic (exact) mass is 181 g/mol. The van der Waals surface area contributed by atoms with Crippen LogP contribution in [0.2, 0.25) is 0 Å². The van der Waals surface area contributed by atoms with Crippen molar-refractivity contribution in [2.45, 2.75) is 33.6 Å². The number of nitrogens with zero attached hydrogens (tertiary/aromatic N) is 1. The maximum Gasteiger partial charge on any atom is 0.0733 e. The van der Waals surface area contributed by atoms with Crippen LogP contribution in [0.4, 0.5) is 0 Å². The van der Waals surface area contributed by atoms with Crippen molar-refractivity contribution in [2.24, 2.45) is 5.92 Å². The van der Waals surface area contributed by atoms with Crippen molar-refractivity contribution in [2.75, 3.05) is 19.6 Å². The highest BCUT2D eigenvalue weighted by Crippen LogP contribution is 2.24. The fourth-order valence-electron chi connectivity index (χ4n) is 2.31. The molecule has 0 amide bonds. The number of quaternary nitrogens is 1. The van der Waals surface area contributed by atoms with E-state index in [4.69, 9.17) is 0 Å². The van der Waals surface area contributed by atoms with E-state index in [1.54, 1.807) is 0 Å². The van der Waals surface area contributed by atoms with Crippen molar-refractivity contribution < 1.29 is 4.48 Å². The highest BCUT2D eigenvalue weighted by atomic mass is 15.4. The first kappa shape index (κ1) is 10.8. The molecule has 0 unspecified atom stereocenters. The smallest absolute Gasteiger partial charge is 0.0733 e. The second kappa shape index (κ2) is 4.80. The van der Waals surface area contributed by atoms with E-state index < -0.39 is 0 Å². The highest BCUT2D eigenvalue weighted by Gasteiger charge is 2.23. The summed E-state index contributed by atoms with van der Waals surface area (Å²) < 4.78 is 1.22. The van der Waals surface area contributed by atoms with E-state index in [0.717, 1.165) is 0 Å². The number of hydrogen-bond donors (Lipinski definition) is 0. The highest BCUT2D eigenvalue weighted by molar-refractivity contribution is 4.79. The third-order valence-corrected chi connectivity index (χ3v) is 2.78. The zero-order valence-electron chi connectivity index (χ0n) is 9.29. The summed E-state index contributed by atoms with van der Waals surface area (Å²) in [5.74, 6) is 0.711. The van der Waals surface area contributed by atoms with Crippen LogP contribution in [-0.2, 0) is 0 Å². The van der Waals surface area contributed by atoms with Crippen LogP contribution in [-0.4, -0.2) is 24.1 Å². The lowest BCUT2D eigenvalue weighted by atomic mass is 10.2. The molecule has 1 heterocycles. The molecule has 1 nitrogen and oxygen atoms in total. The molecule has 0 aromatic heterocycles. The molecule has 13 heavy (non-hydrogen) atoms. The van der Waals surface area contributed by atoms with Gasteiger partial charge in [0.15, 0.2) is 0 Å².